The van der Waals surface area contributed by atoms with Crippen LogP contribution in [-0.4, -0.2) is 27.6 Å². The number of carbonyl (C=O) groups is 2. The molecule has 0 aliphatic carbocycles. The van der Waals surface area contributed by atoms with Crippen molar-refractivity contribution in [2.24, 2.45) is 4.99 Å². The number of hydrogen-bond acceptors (Lipinski definition) is 5. The molecule has 0 saturated carbocycles. The van der Waals surface area contributed by atoms with E-state index in [1.54, 1.807) is 0 Å². The van der Waals surface area contributed by atoms with Crippen LogP contribution in [0, 0.1) is 5.82 Å². The van der Waals surface area contributed by atoms with Crippen LogP contribution in [0.4, 0.5) is 4.39 Å². The first-order chi connectivity index (χ1) is 13.5. The number of benzene rings is 2. The van der Waals surface area contributed by atoms with Crippen molar-refractivity contribution in [3.05, 3.63) is 83.4 Å². The van der Waals surface area contributed by atoms with Crippen LogP contribution < -0.4 is 0 Å². The minimum Gasteiger partial charge on any atom is -0.402 e. The molecule has 7 heteroatoms. The standard InChI is InChI=1S/C21H14FN3O3/c1-13(26)25-12-16(19(24-25)14-5-3-2-4-6-14)11-18-21(27)28-20(23-18)15-7-9-17(22)10-8-15/h2-12H,1H3/b18-11-. The summed E-state index contributed by atoms with van der Waals surface area (Å²) in [4.78, 5) is 28.2. The summed E-state index contributed by atoms with van der Waals surface area (Å²) in [6.07, 6.45) is 3.06. The number of aromatic nitrogens is 2. The lowest BCUT2D eigenvalue weighted by molar-refractivity contribution is -0.129. The van der Waals surface area contributed by atoms with Crippen molar-refractivity contribution >= 4 is 23.9 Å². The van der Waals surface area contributed by atoms with Crippen molar-refractivity contribution in [1.29, 1.82) is 0 Å². The highest BCUT2D eigenvalue weighted by Gasteiger charge is 2.25. The molecule has 2 aromatic carbocycles. The first kappa shape index (κ1) is 17.5. The summed E-state index contributed by atoms with van der Waals surface area (Å²) in [7, 11) is 0. The Balaban J connectivity index is 1.77. The summed E-state index contributed by atoms with van der Waals surface area (Å²) in [6, 6.07) is 14.8. The van der Waals surface area contributed by atoms with Crippen LogP contribution in [0.5, 0.6) is 0 Å². The van der Waals surface area contributed by atoms with Crippen molar-refractivity contribution in [1.82, 2.24) is 9.78 Å². The number of rotatable bonds is 3. The van der Waals surface area contributed by atoms with Gasteiger partial charge in [-0.25, -0.2) is 18.9 Å². The molecular weight excluding hydrogens is 361 g/mol. The first-order valence-electron chi connectivity index (χ1n) is 8.46. The molecule has 0 amide bonds. The number of nitrogens with zero attached hydrogens (tertiary/aromatic N) is 3. The normalized spacial score (nSPS) is 14.9. The van der Waals surface area contributed by atoms with Crippen molar-refractivity contribution < 1.29 is 18.7 Å². The van der Waals surface area contributed by atoms with Gasteiger partial charge in [0.15, 0.2) is 5.70 Å². The highest BCUT2D eigenvalue weighted by molar-refractivity contribution is 6.13. The van der Waals surface area contributed by atoms with Crippen LogP contribution in [0.1, 0.15) is 22.8 Å². The third kappa shape index (κ3) is 3.37. The third-order valence-electron chi connectivity index (χ3n) is 4.12. The van der Waals surface area contributed by atoms with Gasteiger partial charge in [0.2, 0.25) is 11.8 Å². The Morgan fingerprint density at radius 1 is 1.07 bits per heavy atom. The fourth-order valence-electron chi connectivity index (χ4n) is 2.75. The van der Waals surface area contributed by atoms with Crippen LogP contribution >= 0.6 is 0 Å². The average molecular weight is 375 g/mol. The SMILES string of the molecule is CC(=O)n1cc(/C=C2\N=C(c3ccc(F)cc3)OC2=O)c(-c2ccccc2)n1. The molecule has 0 radical (unpaired) electrons. The molecule has 0 bridgehead atoms. The number of halogens is 1. The summed E-state index contributed by atoms with van der Waals surface area (Å²) in [5.41, 5.74) is 2.45. The number of carbonyl (C=O) groups excluding carboxylic acids is 2. The van der Waals surface area contributed by atoms with Crippen LogP contribution in [-0.2, 0) is 9.53 Å². The lowest BCUT2D eigenvalue weighted by Crippen LogP contribution is -2.05. The van der Waals surface area contributed by atoms with Gasteiger partial charge >= 0.3 is 5.97 Å². The predicted molar refractivity (Wildman–Crippen MR) is 101 cm³/mol. The molecule has 3 aromatic rings. The van der Waals surface area contributed by atoms with Gasteiger partial charge in [-0.3, -0.25) is 4.79 Å². The second kappa shape index (κ2) is 7.03. The lowest BCUT2D eigenvalue weighted by atomic mass is 10.1. The van der Waals surface area contributed by atoms with Gasteiger partial charge in [-0.05, 0) is 30.3 Å². The summed E-state index contributed by atoms with van der Waals surface area (Å²) in [6.45, 7) is 1.40. The maximum Gasteiger partial charge on any atom is 0.363 e. The lowest BCUT2D eigenvalue weighted by Gasteiger charge is -1.98. The molecule has 0 fully saturated rings. The zero-order valence-electron chi connectivity index (χ0n) is 14.8. The van der Waals surface area contributed by atoms with Gasteiger partial charge < -0.3 is 4.74 Å². The van der Waals surface area contributed by atoms with Gasteiger partial charge in [-0.2, -0.15) is 5.10 Å². The number of esters is 1. The zero-order chi connectivity index (χ0) is 19.7. The number of cyclic esters (lactones) is 1. The molecule has 28 heavy (non-hydrogen) atoms. The number of hydrogen-bond donors (Lipinski definition) is 0. The van der Waals surface area contributed by atoms with Crippen molar-refractivity contribution in [2.45, 2.75) is 6.92 Å². The van der Waals surface area contributed by atoms with E-state index < -0.39 is 11.8 Å². The molecule has 6 nitrogen and oxygen atoms in total. The Bertz CT molecular complexity index is 1130. The summed E-state index contributed by atoms with van der Waals surface area (Å²) in [5, 5.41) is 4.31. The van der Waals surface area contributed by atoms with Crippen molar-refractivity contribution in [3.8, 4) is 11.3 Å². The minimum atomic E-state index is -0.631. The van der Waals surface area contributed by atoms with Gasteiger partial charge in [-0.1, -0.05) is 30.3 Å². The van der Waals surface area contributed by atoms with Gasteiger partial charge in [0.25, 0.3) is 0 Å². The van der Waals surface area contributed by atoms with Crippen molar-refractivity contribution in [3.63, 3.8) is 0 Å². The van der Waals surface area contributed by atoms with Gasteiger partial charge in [0.1, 0.15) is 11.5 Å². The Morgan fingerprint density at radius 3 is 2.46 bits per heavy atom. The maximum atomic E-state index is 13.1. The quantitative estimate of drug-likeness (QED) is 0.517. The third-order valence-corrected chi connectivity index (χ3v) is 4.12. The van der Waals surface area contributed by atoms with E-state index in [0.29, 0.717) is 16.8 Å². The van der Waals surface area contributed by atoms with E-state index in [9.17, 15) is 14.0 Å². The predicted octanol–water partition coefficient (Wildman–Crippen LogP) is 3.69. The zero-order valence-corrected chi connectivity index (χ0v) is 14.8. The molecule has 1 aliphatic heterocycles. The first-order valence-corrected chi connectivity index (χ1v) is 8.46. The van der Waals surface area contributed by atoms with Crippen LogP contribution in [0.15, 0.2) is 71.5 Å². The van der Waals surface area contributed by atoms with Crippen LogP contribution in [0.3, 0.4) is 0 Å². The van der Waals surface area contributed by atoms with E-state index in [2.05, 4.69) is 10.1 Å². The Morgan fingerprint density at radius 2 is 1.79 bits per heavy atom. The molecule has 0 atom stereocenters. The van der Waals surface area contributed by atoms with Crippen LogP contribution in [0.2, 0.25) is 0 Å². The largest absolute Gasteiger partial charge is 0.402 e. The van der Waals surface area contributed by atoms with Crippen LogP contribution in [0.25, 0.3) is 17.3 Å². The summed E-state index contributed by atoms with van der Waals surface area (Å²) < 4.78 is 19.5. The molecule has 0 N–H and O–H groups in total. The second-order valence-electron chi connectivity index (χ2n) is 6.11. The van der Waals surface area contributed by atoms with Crippen molar-refractivity contribution in [2.75, 3.05) is 0 Å². The smallest absolute Gasteiger partial charge is 0.363 e. The summed E-state index contributed by atoms with van der Waals surface area (Å²) >= 11 is 0. The van der Waals surface area contributed by atoms with E-state index >= 15 is 0 Å². The average Bonchev–Trinajstić information content (AvgIpc) is 3.28. The molecule has 1 aliphatic rings. The van der Waals surface area contributed by atoms with E-state index in [-0.39, 0.29) is 17.5 Å². The Kier molecular flexibility index (Phi) is 4.41. The molecule has 0 saturated heterocycles. The second-order valence-corrected chi connectivity index (χ2v) is 6.11. The number of ether oxygens (including phenoxy) is 1. The van der Waals surface area contributed by atoms with E-state index in [1.807, 2.05) is 30.3 Å². The molecule has 0 unspecified atom stereocenters. The highest BCUT2D eigenvalue weighted by atomic mass is 19.1. The Labute approximate surface area is 159 Å². The topological polar surface area (TPSA) is 73.6 Å². The van der Waals surface area contributed by atoms with Gasteiger partial charge in [0, 0.05) is 29.8 Å². The Hall–Kier alpha value is -3.87. The van der Waals surface area contributed by atoms with E-state index in [1.165, 1.54) is 48.1 Å². The fraction of sp³-hybridized carbons (Fsp3) is 0.0476. The van der Waals surface area contributed by atoms with E-state index in [4.69, 9.17) is 4.74 Å². The van der Waals surface area contributed by atoms with Gasteiger partial charge in [-0.15, -0.1) is 0 Å². The van der Waals surface area contributed by atoms with E-state index in [0.717, 1.165) is 5.56 Å². The monoisotopic (exact) mass is 375 g/mol. The molecular formula is C21H14FN3O3. The molecule has 2 heterocycles. The number of aliphatic imine (C=N–C) groups is 1. The molecule has 138 valence electrons. The highest BCUT2D eigenvalue weighted by Crippen LogP contribution is 2.26. The summed E-state index contributed by atoms with van der Waals surface area (Å²) in [5.74, 6) is -1.19. The molecule has 4 rings (SSSR count). The molecule has 1 aromatic heterocycles. The minimum absolute atomic E-state index is 0.0691. The maximum absolute atomic E-state index is 13.1. The fourth-order valence-corrected chi connectivity index (χ4v) is 2.75. The molecule has 0 spiro atoms. The van der Waals surface area contributed by atoms with Gasteiger partial charge in [0.05, 0.1) is 0 Å².